The van der Waals surface area contributed by atoms with Crippen molar-refractivity contribution in [3.63, 3.8) is 0 Å². The largest absolute Gasteiger partial charge is 0.377 e. The minimum Gasteiger partial charge on any atom is -0.377 e. The summed E-state index contributed by atoms with van der Waals surface area (Å²) >= 11 is 1.52. The average Bonchev–Trinajstić information content (AvgIpc) is 3.65. The summed E-state index contributed by atoms with van der Waals surface area (Å²) in [6.07, 6.45) is 6.96. The smallest absolute Gasteiger partial charge is 0.256 e. The lowest BCUT2D eigenvalue weighted by molar-refractivity contribution is -0.131. The standard InChI is InChI=1S/C32H40N4O3S/c1-5-7-13-28-33-32(18-8-9-19-32)31(37)36(28)20-24-14-16-25(17-15-24)29-26(21-38-6-2)11-10-12-27(29)40-35-30-22(3)23(4)39-34-30/h10-12,14-17H,5-9,13,18-21H2,1-4H3,(H,34,35). The Hall–Kier alpha value is -3.10. The molecule has 3 aromatic rings. The minimum absolute atomic E-state index is 0.199. The number of carbonyl (C=O) groups is 1. The minimum atomic E-state index is -0.499. The Morgan fingerprint density at radius 1 is 1.10 bits per heavy atom. The van der Waals surface area contributed by atoms with Crippen LogP contribution in [0.2, 0.25) is 0 Å². The van der Waals surface area contributed by atoms with E-state index in [1.807, 2.05) is 25.7 Å². The van der Waals surface area contributed by atoms with Crippen LogP contribution < -0.4 is 4.72 Å². The van der Waals surface area contributed by atoms with Crippen molar-refractivity contribution in [1.29, 1.82) is 0 Å². The fourth-order valence-corrected chi connectivity index (χ4v) is 6.49. The molecule has 1 fully saturated rings. The van der Waals surface area contributed by atoms with Gasteiger partial charge in [0.2, 0.25) is 0 Å². The molecule has 0 bridgehead atoms. The van der Waals surface area contributed by atoms with Crippen LogP contribution in [0.1, 0.15) is 81.2 Å². The highest BCUT2D eigenvalue weighted by Crippen LogP contribution is 2.40. The lowest BCUT2D eigenvalue weighted by atomic mass is 9.97. The average molecular weight is 561 g/mol. The molecule has 1 aromatic heterocycles. The predicted octanol–water partition coefficient (Wildman–Crippen LogP) is 7.86. The fraction of sp³-hybridized carbons (Fsp3) is 0.469. The normalized spacial score (nSPS) is 16.2. The number of aryl methyl sites for hydroxylation is 1. The van der Waals surface area contributed by atoms with Crippen molar-refractivity contribution in [1.82, 2.24) is 10.1 Å². The summed E-state index contributed by atoms with van der Waals surface area (Å²) in [5.74, 6) is 2.71. The summed E-state index contributed by atoms with van der Waals surface area (Å²) in [4.78, 5) is 21.7. The van der Waals surface area contributed by atoms with Crippen molar-refractivity contribution >= 4 is 29.5 Å². The first-order valence-corrected chi connectivity index (χ1v) is 15.3. The number of unbranched alkanes of at least 4 members (excludes halogenated alkanes) is 1. The summed E-state index contributed by atoms with van der Waals surface area (Å²) in [5.41, 5.74) is 4.98. The van der Waals surface area contributed by atoms with Crippen molar-refractivity contribution in [2.24, 2.45) is 4.99 Å². The van der Waals surface area contributed by atoms with Gasteiger partial charge in [-0.15, -0.1) is 0 Å². The zero-order chi connectivity index (χ0) is 28.1. The lowest BCUT2D eigenvalue weighted by Gasteiger charge is -2.23. The molecule has 2 aromatic carbocycles. The molecule has 1 N–H and O–H groups in total. The number of nitrogens with zero attached hydrogens (tertiary/aromatic N) is 3. The second-order valence-electron chi connectivity index (χ2n) is 10.8. The summed E-state index contributed by atoms with van der Waals surface area (Å²) in [6.45, 7) is 9.86. The molecule has 1 amide bonds. The van der Waals surface area contributed by atoms with Crippen LogP contribution in [0.25, 0.3) is 11.1 Å². The first-order chi connectivity index (χ1) is 19.5. The molecule has 1 aliphatic carbocycles. The second kappa shape index (κ2) is 12.6. The molecule has 212 valence electrons. The molecule has 7 nitrogen and oxygen atoms in total. The van der Waals surface area contributed by atoms with Gasteiger partial charge in [-0.25, -0.2) is 0 Å². The number of anilines is 1. The summed E-state index contributed by atoms with van der Waals surface area (Å²) < 4.78 is 14.5. The van der Waals surface area contributed by atoms with Gasteiger partial charge in [0.05, 0.1) is 13.2 Å². The van der Waals surface area contributed by atoms with Crippen LogP contribution in [-0.2, 0) is 22.7 Å². The Morgan fingerprint density at radius 2 is 1.88 bits per heavy atom. The Bertz CT molecular complexity index is 1360. The van der Waals surface area contributed by atoms with Gasteiger partial charge in [0, 0.05) is 29.1 Å². The number of benzene rings is 2. The molecule has 40 heavy (non-hydrogen) atoms. The van der Waals surface area contributed by atoms with E-state index >= 15 is 0 Å². The van der Waals surface area contributed by atoms with E-state index in [1.165, 1.54) is 11.9 Å². The van der Waals surface area contributed by atoms with Crippen molar-refractivity contribution in [3.8, 4) is 11.1 Å². The van der Waals surface area contributed by atoms with E-state index in [0.717, 1.165) is 95.1 Å². The van der Waals surface area contributed by atoms with E-state index in [2.05, 4.69) is 59.3 Å². The zero-order valence-corrected chi connectivity index (χ0v) is 24.9. The maximum absolute atomic E-state index is 13.6. The maximum atomic E-state index is 13.6. The Kier molecular flexibility index (Phi) is 8.96. The predicted molar refractivity (Wildman–Crippen MR) is 161 cm³/mol. The van der Waals surface area contributed by atoms with Gasteiger partial charge in [-0.2, -0.15) is 0 Å². The van der Waals surface area contributed by atoms with E-state index in [9.17, 15) is 4.79 Å². The monoisotopic (exact) mass is 560 g/mol. The molecule has 0 atom stereocenters. The van der Waals surface area contributed by atoms with Gasteiger partial charge in [0.15, 0.2) is 5.82 Å². The Morgan fingerprint density at radius 3 is 2.55 bits per heavy atom. The number of amidine groups is 1. The van der Waals surface area contributed by atoms with E-state index in [1.54, 1.807) is 0 Å². The van der Waals surface area contributed by atoms with Crippen LogP contribution in [0.3, 0.4) is 0 Å². The number of amides is 1. The number of rotatable bonds is 12. The molecule has 1 aliphatic heterocycles. The molecule has 1 saturated carbocycles. The molecule has 2 aliphatic rings. The van der Waals surface area contributed by atoms with Gasteiger partial charge in [-0.3, -0.25) is 14.7 Å². The van der Waals surface area contributed by atoms with Crippen LogP contribution in [0.5, 0.6) is 0 Å². The molecular formula is C32H40N4O3S. The first-order valence-electron chi connectivity index (χ1n) is 14.5. The number of nitrogens with one attached hydrogen (secondary N) is 1. The molecule has 0 saturated heterocycles. The quantitative estimate of drug-likeness (QED) is 0.227. The van der Waals surface area contributed by atoms with Crippen LogP contribution >= 0.6 is 11.9 Å². The third-order valence-corrected chi connectivity index (χ3v) is 8.91. The molecule has 0 unspecified atom stereocenters. The van der Waals surface area contributed by atoms with Crippen molar-refractivity contribution in [2.75, 3.05) is 11.3 Å². The van der Waals surface area contributed by atoms with Crippen LogP contribution in [0.4, 0.5) is 5.82 Å². The summed E-state index contributed by atoms with van der Waals surface area (Å²) in [6, 6.07) is 14.9. The highest BCUT2D eigenvalue weighted by Gasteiger charge is 2.49. The first kappa shape index (κ1) is 28.4. The molecular weight excluding hydrogens is 520 g/mol. The third-order valence-electron chi connectivity index (χ3n) is 8.05. The van der Waals surface area contributed by atoms with Gasteiger partial charge in [0.25, 0.3) is 5.91 Å². The van der Waals surface area contributed by atoms with E-state index in [-0.39, 0.29) is 5.91 Å². The van der Waals surface area contributed by atoms with Gasteiger partial charge in [-0.1, -0.05) is 67.7 Å². The Labute approximate surface area is 241 Å². The third kappa shape index (κ3) is 5.84. The van der Waals surface area contributed by atoms with E-state index in [4.69, 9.17) is 14.3 Å². The van der Waals surface area contributed by atoms with E-state index in [0.29, 0.717) is 19.8 Å². The van der Waals surface area contributed by atoms with Crippen molar-refractivity contribution in [3.05, 3.63) is 64.9 Å². The number of aliphatic imine (C=N–C) groups is 1. The van der Waals surface area contributed by atoms with Crippen molar-refractivity contribution in [2.45, 2.75) is 96.2 Å². The molecule has 1 spiro atoms. The number of hydrogen-bond acceptors (Lipinski definition) is 7. The number of aromatic nitrogens is 1. The second-order valence-corrected chi connectivity index (χ2v) is 11.7. The fourth-order valence-electron chi connectivity index (χ4n) is 5.60. The summed E-state index contributed by atoms with van der Waals surface area (Å²) in [7, 11) is 0. The van der Waals surface area contributed by atoms with Gasteiger partial charge in [0.1, 0.15) is 17.1 Å². The molecule has 5 rings (SSSR count). The van der Waals surface area contributed by atoms with Gasteiger partial charge >= 0.3 is 0 Å². The van der Waals surface area contributed by atoms with Crippen LogP contribution in [-0.4, -0.2) is 33.9 Å². The number of ether oxygens (including phenoxy) is 1. The summed E-state index contributed by atoms with van der Waals surface area (Å²) in [5, 5.41) is 4.15. The van der Waals surface area contributed by atoms with Crippen LogP contribution in [0, 0.1) is 13.8 Å². The highest BCUT2D eigenvalue weighted by atomic mass is 32.2. The van der Waals surface area contributed by atoms with Crippen molar-refractivity contribution < 1.29 is 14.1 Å². The maximum Gasteiger partial charge on any atom is 0.256 e. The Balaban J connectivity index is 1.39. The molecule has 0 radical (unpaired) electrons. The van der Waals surface area contributed by atoms with Crippen LogP contribution in [0.15, 0.2) is 56.9 Å². The zero-order valence-electron chi connectivity index (χ0n) is 24.1. The van der Waals surface area contributed by atoms with Gasteiger partial charge in [-0.05, 0) is 74.7 Å². The number of carbonyl (C=O) groups excluding carboxylic acids is 1. The number of hydrogen-bond donors (Lipinski definition) is 1. The molecule has 2 heterocycles. The van der Waals surface area contributed by atoms with E-state index < -0.39 is 5.54 Å². The topological polar surface area (TPSA) is 80.0 Å². The highest BCUT2D eigenvalue weighted by molar-refractivity contribution is 8.00. The molecule has 8 heteroatoms. The SMILES string of the molecule is CCCCC1=NC2(CCCC2)C(=O)N1Cc1ccc(-c2c(COCC)cccc2SNc2noc(C)c2C)cc1. The van der Waals surface area contributed by atoms with Gasteiger partial charge < -0.3 is 14.0 Å². The lowest BCUT2D eigenvalue weighted by Crippen LogP contribution is -2.40.